The van der Waals surface area contributed by atoms with E-state index in [9.17, 15) is 47.0 Å². The lowest BCUT2D eigenvalue weighted by molar-refractivity contribution is -0.388. The highest BCUT2D eigenvalue weighted by atomic mass is 19.2. The molecule has 0 spiro atoms. The molecular formula is C53H59F7N12O8. The zero-order chi connectivity index (χ0) is 57.9. The van der Waals surface area contributed by atoms with Gasteiger partial charge in [-0.3, -0.25) is 39.7 Å². The Morgan fingerprint density at radius 1 is 0.637 bits per heavy atom. The standard InChI is InChI=1S/C29H28F2N6O2.C12H15F2N3O3.C6H2F3NO2.C6H14N2O/c1-2-25(39)33-21-7-3-5-19(17-21)22-8-4-6-20-18-32-29(35-28(20)22)34-23-9-10-24(27(31)26(23)30)37-13-11-36(12-14-37)15-16-38;13-11-9(1-2-10(12(11)14)17(19)20)16-5-3-15(4-6-16)7-8-18;7-3-1-2-4(10(11)12)6(9)5(3)8;9-6-5-8-3-1-7-2-4-8/h2-10,17-18,38H,1,11-16H2,(H,33,39)(H,32,34,35);1-2,18H,3-8H2;1-2H;7,9H,1-6H2. The van der Waals surface area contributed by atoms with Crippen LogP contribution < -0.4 is 25.8 Å². The monoisotopic (exact) mass is 1120 g/mol. The normalized spacial score (nSPS) is 14.9. The molecule has 9 rings (SSSR count). The minimum atomic E-state index is -1.83. The van der Waals surface area contributed by atoms with Crippen molar-refractivity contribution >= 4 is 56.9 Å². The first-order chi connectivity index (χ1) is 38.5. The summed E-state index contributed by atoms with van der Waals surface area (Å²) in [6.07, 6.45) is 2.81. The number of para-hydroxylation sites is 1. The van der Waals surface area contributed by atoms with Gasteiger partial charge < -0.3 is 41.1 Å². The summed E-state index contributed by atoms with van der Waals surface area (Å²) in [7, 11) is 0. The van der Waals surface area contributed by atoms with E-state index in [1.54, 1.807) is 28.1 Å². The van der Waals surface area contributed by atoms with Gasteiger partial charge in [-0.05, 0) is 48.0 Å². The molecule has 5 aromatic carbocycles. The van der Waals surface area contributed by atoms with Crippen molar-refractivity contribution in [3.8, 4) is 11.1 Å². The van der Waals surface area contributed by atoms with Crippen molar-refractivity contribution in [2.75, 3.05) is 138 Å². The van der Waals surface area contributed by atoms with Gasteiger partial charge in [0.15, 0.2) is 23.3 Å². The summed E-state index contributed by atoms with van der Waals surface area (Å²) in [4.78, 5) is 48.9. The Morgan fingerprint density at radius 3 is 1.70 bits per heavy atom. The third-order valence-corrected chi connectivity index (χ3v) is 12.9. The smallest absolute Gasteiger partial charge is 0.308 e. The van der Waals surface area contributed by atoms with E-state index in [0.29, 0.717) is 95.4 Å². The number of hydrogen-bond acceptors (Lipinski definition) is 17. The Kier molecular flexibility index (Phi) is 22.9. The summed E-state index contributed by atoms with van der Waals surface area (Å²) >= 11 is 0. The van der Waals surface area contributed by atoms with Crippen LogP contribution in [0.3, 0.4) is 0 Å². The molecule has 1 amide bonds. The lowest BCUT2D eigenvalue weighted by atomic mass is 10.0. The minimum Gasteiger partial charge on any atom is -0.395 e. The maximum absolute atomic E-state index is 15.1. The summed E-state index contributed by atoms with van der Waals surface area (Å²) in [6.45, 7) is 14.8. The number of carbonyl (C=O) groups excluding carboxylic acids is 1. The number of piperazine rings is 3. The van der Waals surface area contributed by atoms with Crippen molar-refractivity contribution < 1.29 is 60.7 Å². The number of benzene rings is 5. The van der Waals surface area contributed by atoms with Crippen LogP contribution in [0.25, 0.3) is 22.0 Å². The fourth-order valence-corrected chi connectivity index (χ4v) is 8.66. The highest BCUT2D eigenvalue weighted by Crippen LogP contribution is 2.33. The number of rotatable bonds is 15. The van der Waals surface area contributed by atoms with E-state index in [1.165, 1.54) is 18.2 Å². The topological polar surface area (TPSA) is 242 Å². The average Bonchev–Trinajstić information content (AvgIpc) is 3.48. The number of nitro benzene ring substituents is 2. The van der Waals surface area contributed by atoms with Crippen LogP contribution in [-0.4, -0.2) is 174 Å². The van der Waals surface area contributed by atoms with Gasteiger partial charge >= 0.3 is 11.4 Å². The van der Waals surface area contributed by atoms with Gasteiger partial charge in [0.2, 0.25) is 29.3 Å². The number of β-amino-alcohol motifs (C(OH)–C–C–N with tert-alkyl or cyclic N) is 3. The van der Waals surface area contributed by atoms with Crippen molar-refractivity contribution in [1.29, 1.82) is 0 Å². The van der Waals surface area contributed by atoms with Crippen LogP contribution in [0, 0.1) is 60.9 Å². The zero-order valence-corrected chi connectivity index (χ0v) is 43.1. The molecule has 3 aliphatic heterocycles. The first-order valence-electron chi connectivity index (χ1n) is 25.1. The van der Waals surface area contributed by atoms with Gasteiger partial charge in [0.25, 0.3) is 0 Å². The molecule has 0 atom stereocenters. The van der Waals surface area contributed by atoms with E-state index in [4.69, 9.17) is 15.3 Å². The quantitative estimate of drug-likeness (QED) is 0.0213. The molecule has 1 aromatic heterocycles. The van der Waals surface area contributed by atoms with Crippen molar-refractivity contribution in [2.45, 2.75) is 0 Å². The number of nitrogens with zero attached hydrogens (tertiary/aromatic N) is 9. The molecule has 0 bridgehead atoms. The number of hydrogen-bond donors (Lipinski definition) is 6. The van der Waals surface area contributed by atoms with Gasteiger partial charge in [-0.1, -0.05) is 36.9 Å². The van der Waals surface area contributed by atoms with Crippen LogP contribution in [0.4, 0.5) is 70.8 Å². The number of carbonyl (C=O) groups is 1. The largest absolute Gasteiger partial charge is 0.395 e. The number of aliphatic hydroxyl groups excluding tert-OH is 3. The lowest BCUT2D eigenvalue weighted by Crippen LogP contribution is -2.47. The molecule has 4 heterocycles. The summed E-state index contributed by atoms with van der Waals surface area (Å²) in [5, 5.41) is 56.6. The highest BCUT2D eigenvalue weighted by molar-refractivity contribution is 6.00. The van der Waals surface area contributed by atoms with Crippen molar-refractivity contribution in [2.24, 2.45) is 0 Å². The first kappa shape index (κ1) is 61.3. The van der Waals surface area contributed by atoms with E-state index in [-0.39, 0.29) is 42.1 Å². The van der Waals surface area contributed by atoms with Gasteiger partial charge in [0.1, 0.15) is 0 Å². The van der Waals surface area contributed by atoms with E-state index >= 15 is 8.78 Å². The molecule has 6 N–H and O–H groups in total. The second kappa shape index (κ2) is 29.9. The predicted molar refractivity (Wildman–Crippen MR) is 287 cm³/mol. The predicted octanol–water partition coefficient (Wildman–Crippen LogP) is 6.44. The summed E-state index contributed by atoms with van der Waals surface area (Å²) in [5.74, 6) is -9.80. The summed E-state index contributed by atoms with van der Waals surface area (Å²) < 4.78 is 94.6. The highest BCUT2D eigenvalue weighted by Gasteiger charge is 2.27. The number of nitro groups is 2. The van der Waals surface area contributed by atoms with Crippen LogP contribution in [0.15, 0.2) is 97.7 Å². The fourth-order valence-electron chi connectivity index (χ4n) is 8.66. The molecule has 0 saturated carbocycles. The molecule has 0 unspecified atom stereocenters. The third-order valence-electron chi connectivity index (χ3n) is 12.9. The summed E-state index contributed by atoms with van der Waals surface area (Å²) in [5.41, 5.74) is 1.06. The van der Waals surface area contributed by atoms with Gasteiger partial charge in [0, 0.05) is 133 Å². The van der Waals surface area contributed by atoms with E-state index < -0.39 is 61.9 Å². The molecule has 3 fully saturated rings. The zero-order valence-electron chi connectivity index (χ0n) is 43.1. The Hall–Kier alpha value is -7.92. The molecule has 0 radical (unpaired) electrons. The second-order valence-corrected chi connectivity index (χ2v) is 18.0. The van der Waals surface area contributed by atoms with Crippen molar-refractivity contribution in [3.05, 3.63) is 159 Å². The lowest BCUT2D eigenvalue weighted by Gasteiger charge is -2.36. The number of amides is 1. The third kappa shape index (κ3) is 16.3. The Labute approximate surface area is 454 Å². The molecule has 27 heteroatoms. The Bertz CT molecular complexity index is 3090. The Balaban J connectivity index is 0.000000207. The number of fused-ring (bicyclic) bond motifs is 1. The molecule has 428 valence electrons. The SMILES string of the molecule is C=CC(=O)Nc1cccc(-c2cccc3cnc(Nc4ccc(N5CCN(CCO)CC5)c(F)c4F)nc23)c1.O=[N+]([O-])c1ccc(F)c(F)c1F.O=[N+]([O-])c1ccc(N2CCN(CCO)CC2)c(F)c1F.OCCN1CCNCC1. The average molecular weight is 1130 g/mol. The molecule has 3 aliphatic rings. The number of halogens is 7. The molecule has 20 nitrogen and oxygen atoms in total. The molecular weight excluding hydrogens is 1070 g/mol. The molecule has 0 aliphatic carbocycles. The van der Waals surface area contributed by atoms with Crippen molar-refractivity contribution in [1.82, 2.24) is 30.0 Å². The van der Waals surface area contributed by atoms with Crippen LogP contribution in [0.2, 0.25) is 0 Å². The van der Waals surface area contributed by atoms with E-state index in [2.05, 4.69) is 42.3 Å². The minimum absolute atomic E-state index is 0.0387. The van der Waals surface area contributed by atoms with Crippen LogP contribution in [0.1, 0.15) is 0 Å². The summed E-state index contributed by atoms with van der Waals surface area (Å²) in [6, 6.07) is 19.2. The first-order valence-corrected chi connectivity index (χ1v) is 25.1. The van der Waals surface area contributed by atoms with Gasteiger partial charge in [0.05, 0.1) is 52.2 Å². The van der Waals surface area contributed by atoms with E-state index in [1.807, 2.05) is 41.3 Å². The van der Waals surface area contributed by atoms with Crippen molar-refractivity contribution in [3.63, 3.8) is 0 Å². The van der Waals surface area contributed by atoms with Gasteiger partial charge in [-0.2, -0.15) is 8.78 Å². The maximum Gasteiger partial charge on any atom is 0.308 e. The fraction of sp³-hybridized carbons (Fsp3) is 0.340. The van der Waals surface area contributed by atoms with Crippen LogP contribution >= 0.6 is 0 Å². The van der Waals surface area contributed by atoms with Gasteiger partial charge in [-0.25, -0.2) is 31.9 Å². The van der Waals surface area contributed by atoms with Crippen LogP contribution in [-0.2, 0) is 4.79 Å². The van der Waals surface area contributed by atoms with Gasteiger partial charge in [-0.15, -0.1) is 0 Å². The molecule has 6 aromatic rings. The maximum atomic E-state index is 15.1. The van der Waals surface area contributed by atoms with Crippen LogP contribution in [0.5, 0.6) is 0 Å². The molecule has 3 saturated heterocycles. The number of nitrogens with one attached hydrogen (secondary N) is 3. The number of aliphatic hydroxyl groups is 3. The number of anilines is 5. The van der Waals surface area contributed by atoms with E-state index in [0.717, 1.165) is 55.3 Å². The molecule has 80 heavy (non-hydrogen) atoms. The number of aromatic nitrogens is 2. The second-order valence-electron chi connectivity index (χ2n) is 18.0. The Morgan fingerprint density at radius 2 is 1.15 bits per heavy atom.